The Bertz CT molecular complexity index is 380. The third kappa shape index (κ3) is 3.47. The molecule has 0 fully saturated rings. The van der Waals surface area contributed by atoms with Gasteiger partial charge in [-0.2, -0.15) is 5.10 Å². The summed E-state index contributed by atoms with van der Waals surface area (Å²) in [5.41, 5.74) is 2.34. The molecule has 0 N–H and O–H groups in total. The number of aromatic nitrogens is 2. The zero-order valence-electron chi connectivity index (χ0n) is 11.7. The summed E-state index contributed by atoms with van der Waals surface area (Å²) in [5, 5.41) is 4.42. The number of rotatable bonds is 3. The number of hydrogen-bond acceptors (Lipinski definition) is 2. The summed E-state index contributed by atoms with van der Waals surface area (Å²) in [6.07, 6.45) is 3.00. The van der Waals surface area contributed by atoms with Crippen LogP contribution in [0, 0.1) is 0 Å². The van der Waals surface area contributed by atoms with Crippen molar-refractivity contribution in [2.45, 2.75) is 19.9 Å². The van der Waals surface area contributed by atoms with Crippen molar-refractivity contribution in [1.82, 2.24) is 19.6 Å². The van der Waals surface area contributed by atoms with Gasteiger partial charge in [0, 0.05) is 47.0 Å². The van der Waals surface area contributed by atoms with E-state index in [4.69, 9.17) is 0 Å². The van der Waals surface area contributed by atoms with E-state index in [9.17, 15) is 0 Å². The Morgan fingerprint density at radius 1 is 1.29 bits per heavy atom. The van der Waals surface area contributed by atoms with Gasteiger partial charge in [-0.25, -0.2) is 4.99 Å². The molecule has 0 aromatic carbocycles. The summed E-state index contributed by atoms with van der Waals surface area (Å²) in [6, 6.07) is 0. The third-order valence-electron chi connectivity index (χ3n) is 2.52. The number of aliphatic imine (C=N–C) groups is 1. The first kappa shape index (κ1) is 13.5. The average molecular weight is 237 g/mol. The SMILES string of the molecule is CCc1nn(C)cc1CN=C(N(C)C)N(C)C. The number of guanidine groups is 1. The van der Waals surface area contributed by atoms with Crippen molar-refractivity contribution in [1.29, 1.82) is 0 Å². The van der Waals surface area contributed by atoms with Crippen LogP contribution < -0.4 is 0 Å². The summed E-state index contributed by atoms with van der Waals surface area (Å²) in [6.45, 7) is 2.80. The van der Waals surface area contributed by atoms with Gasteiger partial charge in [0.2, 0.25) is 0 Å². The van der Waals surface area contributed by atoms with Crippen LogP contribution in [0.1, 0.15) is 18.2 Å². The molecule has 17 heavy (non-hydrogen) atoms. The van der Waals surface area contributed by atoms with E-state index in [0.717, 1.165) is 18.1 Å². The maximum atomic E-state index is 4.63. The molecular formula is C12H23N5. The first-order valence-corrected chi connectivity index (χ1v) is 5.86. The van der Waals surface area contributed by atoms with Crippen molar-refractivity contribution in [3.05, 3.63) is 17.5 Å². The van der Waals surface area contributed by atoms with Gasteiger partial charge in [-0.3, -0.25) is 4.68 Å². The first-order valence-electron chi connectivity index (χ1n) is 5.86. The lowest BCUT2D eigenvalue weighted by molar-refractivity contribution is 0.479. The highest BCUT2D eigenvalue weighted by atomic mass is 15.3. The van der Waals surface area contributed by atoms with Gasteiger partial charge in [-0.15, -0.1) is 0 Å². The molecule has 0 saturated heterocycles. The summed E-state index contributed by atoms with van der Waals surface area (Å²) in [4.78, 5) is 8.66. The Morgan fingerprint density at radius 3 is 2.35 bits per heavy atom. The molecule has 0 saturated carbocycles. The number of nitrogens with zero attached hydrogens (tertiary/aromatic N) is 5. The van der Waals surface area contributed by atoms with E-state index in [1.165, 1.54) is 5.56 Å². The van der Waals surface area contributed by atoms with E-state index >= 15 is 0 Å². The Kier molecular flexibility index (Phi) is 4.54. The van der Waals surface area contributed by atoms with Crippen molar-refractivity contribution in [3.63, 3.8) is 0 Å². The fraction of sp³-hybridized carbons (Fsp3) is 0.667. The van der Waals surface area contributed by atoms with Gasteiger partial charge in [-0.1, -0.05) is 6.92 Å². The molecule has 1 aromatic heterocycles. The fourth-order valence-corrected chi connectivity index (χ4v) is 1.85. The molecule has 1 aromatic rings. The predicted octanol–water partition coefficient (Wildman–Crippen LogP) is 0.962. The van der Waals surface area contributed by atoms with Gasteiger partial charge in [-0.05, 0) is 6.42 Å². The number of aryl methyl sites for hydroxylation is 2. The smallest absolute Gasteiger partial charge is 0.195 e. The molecule has 0 aliphatic rings. The zero-order valence-corrected chi connectivity index (χ0v) is 11.7. The second kappa shape index (κ2) is 5.70. The minimum absolute atomic E-state index is 0.683. The van der Waals surface area contributed by atoms with Gasteiger partial charge in [0.05, 0.1) is 12.2 Å². The standard InChI is InChI=1S/C12H23N5/c1-7-11-10(9-17(6)14-11)8-13-12(15(2)3)16(4)5/h9H,7-8H2,1-6H3. The molecule has 96 valence electrons. The van der Waals surface area contributed by atoms with Crippen molar-refractivity contribution < 1.29 is 0 Å². The average Bonchev–Trinajstić information content (AvgIpc) is 2.58. The molecule has 0 aliphatic carbocycles. The lowest BCUT2D eigenvalue weighted by Gasteiger charge is -2.22. The summed E-state index contributed by atoms with van der Waals surface area (Å²) >= 11 is 0. The topological polar surface area (TPSA) is 36.7 Å². The van der Waals surface area contributed by atoms with E-state index in [1.807, 2.05) is 55.9 Å². The van der Waals surface area contributed by atoms with E-state index in [-0.39, 0.29) is 0 Å². The van der Waals surface area contributed by atoms with Crippen LogP contribution in [0.5, 0.6) is 0 Å². The molecule has 0 aliphatic heterocycles. The molecule has 1 rings (SSSR count). The largest absolute Gasteiger partial charge is 0.349 e. The number of hydrogen-bond donors (Lipinski definition) is 0. The molecule has 5 heteroatoms. The molecule has 0 bridgehead atoms. The summed E-state index contributed by atoms with van der Waals surface area (Å²) < 4.78 is 1.86. The van der Waals surface area contributed by atoms with Crippen molar-refractivity contribution in [3.8, 4) is 0 Å². The highest BCUT2D eigenvalue weighted by Gasteiger charge is 2.07. The predicted molar refractivity (Wildman–Crippen MR) is 71.1 cm³/mol. The molecule has 0 amide bonds. The first-order chi connectivity index (χ1) is 7.95. The Labute approximate surface area is 104 Å². The van der Waals surface area contributed by atoms with Crippen LogP contribution in [0.15, 0.2) is 11.2 Å². The van der Waals surface area contributed by atoms with Crippen LogP contribution in [0.4, 0.5) is 0 Å². The second-order valence-electron chi connectivity index (χ2n) is 4.53. The van der Waals surface area contributed by atoms with E-state index in [2.05, 4.69) is 17.0 Å². The van der Waals surface area contributed by atoms with Crippen LogP contribution in [0.2, 0.25) is 0 Å². The van der Waals surface area contributed by atoms with Crippen molar-refractivity contribution in [2.24, 2.45) is 12.0 Å². The lowest BCUT2D eigenvalue weighted by Crippen LogP contribution is -2.35. The van der Waals surface area contributed by atoms with Gasteiger partial charge in [0.15, 0.2) is 5.96 Å². The Morgan fingerprint density at radius 2 is 1.88 bits per heavy atom. The van der Waals surface area contributed by atoms with Crippen LogP contribution in [0.3, 0.4) is 0 Å². The van der Waals surface area contributed by atoms with Crippen LogP contribution >= 0.6 is 0 Å². The molecule has 1 heterocycles. The fourth-order valence-electron chi connectivity index (χ4n) is 1.85. The minimum Gasteiger partial charge on any atom is -0.349 e. The quantitative estimate of drug-likeness (QED) is 0.580. The second-order valence-corrected chi connectivity index (χ2v) is 4.53. The lowest BCUT2D eigenvalue weighted by atomic mass is 10.2. The van der Waals surface area contributed by atoms with E-state index in [1.54, 1.807) is 0 Å². The van der Waals surface area contributed by atoms with Gasteiger partial charge >= 0.3 is 0 Å². The third-order valence-corrected chi connectivity index (χ3v) is 2.52. The zero-order chi connectivity index (χ0) is 13.0. The monoisotopic (exact) mass is 237 g/mol. The van der Waals surface area contributed by atoms with Gasteiger partial charge < -0.3 is 9.80 Å². The highest BCUT2D eigenvalue weighted by Crippen LogP contribution is 2.09. The van der Waals surface area contributed by atoms with E-state index < -0.39 is 0 Å². The molecule has 5 nitrogen and oxygen atoms in total. The molecule has 0 atom stereocenters. The maximum absolute atomic E-state index is 4.63. The minimum atomic E-state index is 0.683. The van der Waals surface area contributed by atoms with Crippen LogP contribution in [0.25, 0.3) is 0 Å². The van der Waals surface area contributed by atoms with Crippen LogP contribution in [-0.4, -0.2) is 53.7 Å². The normalized spacial score (nSPS) is 10.2. The molecule has 0 spiro atoms. The van der Waals surface area contributed by atoms with Crippen LogP contribution in [-0.2, 0) is 20.0 Å². The van der Waals surface area contributed by atoms with Crippen molar-refractivity contribution in [2.75, 3.05) is 28.2 Å². The van der Waals surface area contributed by atoms with Crippen molar-refractivity contribution >= 4 is 5.96 Å². The summed E-state index contributed by atoms with van der Waals surface area (Å²) in [7, 11) is 9.96. The molecule has 0 radical (unpaired) electrons. The summed E-state index contributed by atoms with van der Waals surface area (Å²) in [5.74, 6) is 0.968. The van der Waals surface area contributed by atoms with Gasteiger partial charge in [0.1, 0.15) is 0 Å². The molecule has 0 unspecified atom stereocenters. The maximum Gasteiger partial charge on any atom is 0.195 e. The highest BCUT2D eigenvalue weighted by molar-refractivity contribution is 5.79. The Balaban J connectivity index is 2.86. The van der Waals surface area contributed by atoms with E-state index in [0.29, 0.717) is 6.54 Å². The van der Waals surface area contributed by atoms with Gasteiger partial charge in [0.25, 0.3) is 0 Å². The Hall–Kier alpha value is -1.52. The molecular weight excluding hydrogens is 214 g/mol.